The summed E-state index contributed by atoms with van der Waals surface area (Å²) < 4.78 is 55.2. The topological polar surface area (TPSA) is 121 Å². The maximum absolute atomic E-state index is 14.9. The van der Waals surface area contributed by atoms with Crippen LogP contribution in [0.3, 0.4) is 0 Å². The lowest BCUT2D eigenvalue weighted by Gasteiger charge is -2.61. The van der Waals surface area contributed by atoms with E-state index in [1.807, 2.05) is 4.90 Å². The molecule has 8 nitrogen and oxygen atoms in total. The number of carboxylic acid groups (broad SMARTS) is 1. The standard InChI is InChI=1S/C20H26FNO7S/c21-13-6-5-11-17-19(13)29-14-7-15(30(26,27)28)9-3-1-2-4-10(9)16(14)22(17)8-12(18(11)23)20(24)25/h8-11,13-17,19H,1-7H2,(H,24,25)(H,26,27,28). The Labute approximate surface area is 174 Å². The van der Waals surface area contributed by atoms with Crippen LogP contribution in [0, 0.1) is 17.8 Å². The quantitative estimate of drug-likeness (QED) is 0.487. The van der Waals surface area contributed by atoms with E-state index in [1.165, 1.54) is 6.20 Å². The Bertz CT molecular complexity index is 905. The molecule has 3 aliphatic carbocycles. The summed E-state index contributed by atoms with van der Waals surface area (Å²) in [5, 5.41) is 8.63. The SMILES string of the molecule is O=C(O)C1=CN2C3C(CC(S(=O)(=O)O)C4CCCCC43)OC3C(F)CCC(C1=O)C32. The number of ketones is 1. The van der Waals surface area contributed by atoms with E-state index in [0.29, 0.717) is 6.42 Å². The summed E-state index contributed by atoms with van der Waals surface area (Å²) in [5.74, 6) is -2.81. The number of morpholine rings is 1. The van der Waals surface area contributed by atoms with Gasteiger partial charge in [-0.1, -0.05) is 12.8 Å². The molecule has 10 heteroatoms. The molecule has 0 radical (unpaired) electrons. The molecule has 30 heavy (non-hydrogen) atoms. The Hall–Kier alpha value is -1.52. The van der Waals surface area contributed by atoms with E-state index in [1.54, 1.807) is 0 Å². The molecular weight excluding hydrogens is 417 g/mol. The van der Waals surface area contributed by atoms with Gasteiger partial charge in [-0.3, -0.25) is 9.35 Å². The monoisotopic (exact) mass is 443 g/mol. The summed E-state index contributed by atoms with van der Waals surface area (Å²) in [6, 6.07) is -0.903. The number of nitrogens with zero attached hydrogens (tertiary/aromatic N) is 1. The number of alkyl halides is 1. The predicted molar refractivity (Wildman–Crippen MR) is 102 cm³/mol. The second kappa shape index (κ2) is 7.00. The van der Waals surface area contributed by atoms with Gasteiger partial charge in [0, 0.05) is 12.1 Å². The fourth-order valence-corrected chi connectivity index (χ4v) is 8.09. The zero-order chi connectivity index (χ0) is 21.4. The molecule has 2 aliphatic heterocycles. The summed E-state index contributed by atoms with van der Waals surface area (Å²) in [4.78, 5) is 26.4. The summed E-state index contributed by atoms with van der Waals surface area (Å²) in [6.45, 7) is 0. The average Bonchev–Trinajstić information content (AvgIpc) is 2.69. The molecule has 9 atom stereocenters. The molecule has 9 unspecified atom stereocenters. The van der Waals surface area contributed by atoms with Gasteiger partial charge in [0.15, 0.2) is 5.78 Å². The fraction of sp³-hybridized carbons (Fsp3) is 0.800. The van der Waals surface area contributed by atoms with Gasteiger partial charge < -0.3 is 14.7 Å². The first-order valence-corrected chi connectivity index (χ1v) is 12.2. The van der Waals surface area contributed by atoms with Crippen molar-refractivity contribution in [3.8, 4) is 0 Å². The van der Waals surface area contributed by atoms with Crippen molar-refractivity contribution < 1.29 is 36.8 Å². The number of fused-ring (bicyclic) bond motifs is 4. The summed E-state index contributed by atoms with van der Waals surface area (Å²) in [7, 11) is -4.30. The van der Waals surface area contributed by atoms with Gasteiger partial charge in [0.2, 0.25) is 0 Å². The summed E-state index contributed by atoms with van der Waals surface area (Å²) >= 11 is 0. The lowest BCUT2D eigenvalue weighted by Crippen LogP contribution is -2.72. The molecule has 0 bridgehead atoms. The van der Waals surface area contributed by atoms with Crippen LogP contribution in [-0.4, -0.2) is 70.4 Å². The predicted octanol–water partition coefficient (Wildman–Crippen LogP) is 1.56. The number of Topliss-reactive ketones (excluding diaryl/α,β-unsaturated/α-hetero) is 1. The van der Waals surface area contributed by atoms with Gasteiger partial charge in [-0.2, -0.15) is 8.42 Å². The van der Waals surface area contributed by atoms with Gasteiger partial charge in [-0.25, -0.2) is 9.18 Å². The van der Waals surface area contributed by atoms with Crippen LogP contribution in [0.2, 0.25) is 0 Å². The van der Waals surface area contributed by atoms with E-state index in [-0.39, 0.29) is 42.7 Å². The second-order valence-electron chi connectivity index (χ2n) is 9.38. The number of carbonyl (C=O) groups is 2. The number of aliphatic carboxylic acids is 1. The van der Waals surface area contributed by atoms with Crippen LogP contribution in [0.15, 0.2) is 11.8 Å². The highest BCUT2D eigenvalue weighted by molar-refractivity contribution is 7.86. The van der Waals surface area contributed by atoms with Crippen molar-refractivity contribution in [3.05, 3.63) is 11.8 Å². The van der Waals surface area contributed by atoms with Gasteiger partial charge in [-0.05, 0) is 43.9 Å². The van der Waals surface area contributed by atoms with Gasteiger partial charge in [0.1, 0.15) is 17.8 Å². The van der Waals surface area contributed by atoms with Crippen molar-refractivity contribution in [3.63, 3.8) is 0 Å². The van der Waals surface area contributed by atoms with Crippen molar-refractivity contribution in [1.29, 1.82) is 0 Å². The third kappa shape index (κ3) is 2.94. The van der Waals surface area contributed by atoms with Crippen LogP contribution < -0.4 is 0 Å². The minimum Gasteiger partial charge on any atom is -0.478 e. The molecular formula is C20H26FNO7S. The Morgan fingerprint density at radius 2 is 1.83 bits per heavy atom. The first-order chi connectivity index (χ1) is 14.2. The normalized spacial score (nSPS) is 45.7. The molecule has 4 fully saturated rings. The molecule has 2 heterocycles. The summed E-state index contributed by atoms with van der Waals surface area (Å²) in [6.07, 6.45) is 2.05. The van der Waals surface area contributed by atoms with Crippen molar-refractivity contribution in [2.75, 3.05) is 0 Å². The Kier molecular flexibility index (Phi) is 4.75. The summed E-state index contributed by atoms with van der Waals surface area (Å²) in [5.41, 5.74) is -0.294. The highest BCUT2D eigenvalue weighted by Crippen LogP contribution is 2.52. The van der Waals surface area contributed by atoms with E-state index in [2.05, 4.69) is 0 Å². The molecule has 1 saturated heterocycles. The lowest BCUT2D eigenvalue weighted by atomic mass is 9.63. The minimum absolute atomic E-state index is 0.0476. The molecule has 0 aromatic carbocycles. The molecule has 0 aromatic heterocycles. The first-order valence-electron chi connectivity index (χ1n) is 10.7. The van der Waals surface area contributed by atoms with Crippen LogP contribution in [0.1, 0.15) is 44.9 Å². The third-order valence-corrected chi connectivity index (χ3v) is 9.32. The number of halogens is 1. The van der Waals surface area contributed by atoms with Crippen molar-refractivity contribution in [2.45, 2.75) is 80.7 Å². The molecule has 5 aliphatic rings. The van der Waals surface area contributed by atoms with Crippen molar-refractivity contribution >= 4 is 21.9 Å². The highest BCUT2D eigenvalue weighted by Gasteiger charge is 2.61. The van der Waals surface area contributed by atoms with Crippen molar-refractivity contribution in [1.82, 2.24) is 4.90 Å². The zero-order valence-corrected chi connectivity index (χ0v) is 17.2. The van der Waals surface area contributed by atoms with Crippen LogP contribution in [-0.2, 0) is 24.4 Å². The van der Waals surface area contributed by atoms with E-state index >= 15 is 0 Å². The minimum atomic E-state index is -4.30. The van der Waals surface area contributed by atoms with Crippen LogP contribution >= 0.6 is 0 Å². The maximum Gasteiger partial charge on any atom is 0.340 e. The molecule has 0 spiro atoms. The number of hydrogen-bond acceptors (Lipinski definition) is 6. The molecule has 0 amide bonds. The first kappa shape index (κ1) is 20.4. The van der Waals surface area contributed by atoms with E-state index in [4.69, 9.17) is 4.74 Å². The molecule has 3 saturated carbocycles. The van der Waals surface area contributed by atoms with Gasteiger partial charge in [0.05, 0.1) is 23.4 Å². The molecule has 2 N–H and O–H groups in total. The Morgan fingerprint density at radius 1 is 1.13 bits per heavy atom. The number of carboxylic acids is 1. The van der Waals surface area contributed by atoms with Crippen LogP contribution in [0.25, 0.3) is 0 Å². The molecule has 5 rings (SSSR count). The van der Waals surface area contributed by atoms with E-state index < -0.39 is 57.5 Å². The highest BCUT2D eigenvalue weighted by atomic mass is 32.2. The largest absolute Gasteiger partial charge is 0.478 e. The van der Waals surface area contributed by atoms with E-state index in [0.717, 1.165) is 19.3 Å². The maximum atomic E-state index is 14.9. The molecule has 166 valence electrons. The number of hydrogen-bond donors (Lipinski definition) is 2. The average molecular weight is 443 g/mol. The van der Waals surface area contributed by atoms with Gasteiger partial charge in [-0.15, -0.1) is 0 Å². The lowest BCUT2D eigenvalue weighted by molar-refractivity contribution is -0.216. The van der Waals surface area contributed by atoms with E-state index in [9.17, 15) is 32.1 Å². The number of ether oxygens (including phenoxy) is 1. The fourth-order valence-electron chi connectivity index (χ4n) is 6.88. The van der Waals surface area contributed by atoms with Crippen LogP contribution in [0.5, 0.6) is 0 Å². The second-order valence-corrected chi connectivity index (χ2v) is 11.0. The molecule has 0 aromatic rings. The number of rotatable bonds is 2. The van der Waals surface area contributed by atoms with Crippen molar-refractivity contribution in [2.24, 2.45) is 17.8 Å². The number of carbonyl (C=O) groups excluding carboxylic acids is 1. The Balaban J connectivity index is 1.61. The van der Waals surface area contributed by atoms with Gasteiger partial charge in [0.25, 0.3) is 10.1 Å². The Morgan fingerprint density at radius 3 is 2.50 bits per heavy atom. The smallest absolute Gasteiger partial charge is 0.340 e. The zero-order valence-electron chi connectivity index (χ0n) is 16.4. The van der Waals surface area contributed by atoms with Gasteiger partial charge >= 0.3 is 5.97 Å². The van der Waals surface area contributed by atoms with Crippen LogP contribution in [0.4, 0.5) is 4.39 Å². The third-order valence-electron chi connectivity index (χ3n) is 8.01.